The van der Waals surface area contributed by atoms with Crippen molar-refractivity contribution in [3.05, 3.63) is 33.4 Å². The Morgan fingerprint density at radius 1 is 1.44 bits per heavy atom. The predicted octanol–water partition coefficient (Wildman–Crippen LogP) is 2.45. The molecule has 0 amide bonds. The summed E-state index contributed by atoms with van der Waals surface area (Å²) in [6, 6.07) is 3.44. The van der Waals surface area contributed by atoms with Gasteiger partial charge in [0.15, 0.2) is 5.75 Å². The molecule has 100 valence electrons. The maximum atomic E-state index is 11.0. The SMILES string of the molecule is CNCC(C)COc1c(C)cc(C)cc1[N+](=O)[O-]. The van der Waals surface area contributed by atoms with Gasteiger partial charge in [-0.2, -0.15) is 0 Å². The molecule has 0 aromatic heterocycles. The average Bonchev–Trinajstić information content (AvgIpc) is 2.27. The molecule has 5 nitrogen and oxygen atoms in total. The minimum Gasteiger partial charge on any atom is -0.486 e. The van der Waals surface area contributed by atoms with Crippen molar-refractivity contribution in [1.29, 1.82) is 0 Å². The molecular weight excluding hydrogens is 232 g/mol. The summed E-state index contributed by atoms with van der Waals surface area (Å²) >= 11 is 0. The molecule has 0 fully saturated rings. The maximum absolute atomic E-state index is 11.0. The van der Waals surface area contributed by atoms with Crippen LogP contribution in [0.3, 0.4) is 0 Å². The highest BCUT2D eigenvalue weighted by atomic mass is 16.6. The lowest BCUT2D eigenvalue weighted by atomic mass is 10.1. The predicted molar refractivity (Wildman–Crippen MR) is 71.2 cm³/mol. The highest BCUT2D eigenvalue weighted by Gasteiger charge is 2.19. The van der Waals surface area contributed by atoms with Crippen LogP contribution in [0.15, 0.2) is 12.1 Å². The summed E-state index contributed by atoms with van der Waals surface area (Å²) in [6.07, 6.45) is 0. The van der Waals surface area contributed by atoms with E-state index in [0.717, 1.165) is 17.7 Å². The molecule has 1 rings (SSSR count). The summed E-state index contributed by atoms with van der Waals surface area (Å²) in [7, 11) is 1.87. The Kier molecular flexibility index (Phi) is 5.09. The van der Waals surface area contributed by atoms with Crippen LogP contribution in [0.25, 0.3) is 0 Å². The van der Waals surface area contributed by atoms with Crippen molar-refractivity contribution in [2.75, 3.05) is 20.2 Å². The van der Waals surface area contributed by atoms with E-state index in [0.29, 0.717) is 18.3 Å². The van der Waals surface area contributed by atoms with Crippen molar-refractivity contribution in [3.8, 4) is 5.75 Å². The Morgan fingerprint density at radius 2 is 2.11 bits per heavy atom. The van der Waals surface area contributed by atoms with Gasteiger partial charge < -0.3 is 10.1 Å². The number of ether oxygens (including phenoxy) is 1. The maximum Gasteiger partial charge on any atom is 0.311 e. The van der Waals surface area contributed by atoms with Crippen LogP contribution in [0.4, 0.5) is 5.69 Å². The monoisotopic (exact) mass is 252 g/mol. The molecule has 0 aliphatic heterocycles. The molecule has 0 aliphatic carbocycles. The first-order valence-corrected chi connectivity index (χ1v) is 5.98. The molecule has 1 unspecified atom stereocenters. The van der Waals surface area contributed by atoms with E-state index in [2.05, 4.69) is 5.32 Å². The molecule has 0 heterocycles. The van der Waals surface area contributed by atoms with Gasteiger partial charge in [-0.25, -0.2) is 0 Å². The van der Waals surface area contributed by atoms with Crippen LogP contribution >= 0.6 is 0 Å². The summed E-state index contributed by atoms with van der Waals surface area (Å²) in [4.78, 5) is 10.6. The van der Waals surface area contributed by atoms with Gasteiger partial charge in [-0.1, -0.05) is 13.0 Å². The average molecular weight is 252 g/mol. The van der Waals surface area contributed by atoms with Crippen molar-refractivity contribution in [2.24, 2.45) is 5.92 Å². The van der Waals surface area contributed by atoms with Crippen molar-refractivity contribution in [3.63, 3.8) is 0 Å². The molecule has 0 spiro atoms. The van der Waals surface area contributed by atoms with Crippen molar-refractivity contribution >= 4 is 5.69 Å². The number of aryl methyl sites for hydroxylation is 2. The van der Waals surface area contributed by atoms with E-state index in [4.69, 9.17) is 4.74 Å². The molecule has 1 N–H and O–H groups in total. The van der Waals surface area contributed by atoms with Crippen LogP contribution in [-0.2, 0) is 0 Å². The molecule has 0 bridgehead atoms. The highest BCUT2D eigenvalue weighted by Crippen LogP contribution is 2.32. The summed E-state index contributed by atoms with van der Waals surface area (Å²) < 4.78 is 5.62. The minimum absolute atomic E-state index is 0.0455. The molecule has 1 aromatic carbocycles. The number of hydrogen-bond donors (Lipinski definition) is 1. The Morgan fingerprint density at radius 3 is 2.67 bits per heavy atom. The summed E-state index contributed by atoms with van der Waals surface area (Å²) in [5.41, 5.74) is 1.72. The van der Waals surface area contributed by atoms with Gasteiger partial charge in [-0.05, 0) is 32.0 Å². The van der Waals surface area contributed by atoms with E-state index in [1.54, 1.807) is 6.07 Å². The van der Waals surface area contributed by atoms with Crippen LogP contribution in [0.2, 0.25) is 0 Å². The quantitative estimate of drug-likeness (QED) is 0.624. The largest absolute Gasteiger partial charge is 0.486 e. The molecule has 1 atom stereocenters. The van der Waals surface area contributed by atoms with E-state index in [-0.39, 0.29) is 5.69 Å². The van der Waals surface area contributed by atoms with Crippen molar-refractivity contribution in [2.45, 2.75) is 20.8 Å². The van der Waals surface area contributed by atoms with E-state index >= 15 is 0 Å². The molecule has 0 saturated carbocycles. The van der Waals surface area contributed by atoms with Crippen LogP contribution < -0.4 is 10.1 Å². The second-order valence-corrected chi connectivity index (χ2v) is 4.66. The molecule has 0 radical (unpaired) electrons. The van der Waals surface area contributed by atoms with Gasteiger partial charge in [0.2, 0.25) is 0 Å². The Bertz CT molecular complexity index is 432. The summed E-state index contributed by atoms with van der Waals surface area (Å²) in [5, 5.41) is 14.1. The number of rotatable bonds is 6. The topological polar surface area (TPSA) is 64.4 Å². The first-order valence-electron chi connectivity index (χ1n) is 5.98. The van der Waals surface area contributed by atoms with Crippen LogP contribution in [0.5, 0.6) is 5.75 Å². The van der Waals surface area contributed by atoms with E-state index in [1.165, 1.54) is 0 Å². The molecule has 5 heteroatoms. The third-order valence-corrected chi connectivity index (χ3v) is 2.66. The van der Waals surface area contributed by atoms with Crippen LogP contribution in [0.1, 0.15) is 18.1 Å². The fraction of sp³-hybridized carbons (Fsp3) is 0.538. The summed E-state index contributed by atoms with van der Waals surface area (Å²) in [5.74, 6) is 0.684. The van der Waals surface area contributed by atoms with E-state index in [1.807, 2.05) is 33.9 Å². The van der Waals surface area contributed by atoms with Crippen LogP contribution in [0, 0.1) is 29.9 Å². The standard InChI is InChI=1S/C13H20N2O3/c1-9-5-11(3)13(12(6-9)15(16)17)18-8-10(2)7-14-4/h5-6,10,14H,7-8H2,1-4H3. The Balaban J connectivity index is 2.90. The fourth-order valence-electron chi connectivity index (χ4n) is 1.89. The lowest BCUT2D eigenvalue weighted by Gasteiger charge is -2.14. The lowest BCUT2D eigenvalue weighted by Crippen LogP contribution is -2.22. The fourth-order valence-corrected chi connectivity index (χ4v) is 1.89. The number of nitro groups is 1. The highest BCUT2D eigenvalue weighted by molar-refractivity contribution is 5.53. The van der Waals surface area contributed by atoms with Gasteiger partial charge in [0, 0.05) is 18.5 Å². The van der Waals surface area contributed by atoms with Gasteiger partial charge >= 0.3 is 5.69 Å². The van der Waals surface area contributed by atoms with Crippen molar-refractivity contribution in [1.82, 2.24) is 5.32 Å². The Labute approximate surface area is 107 Å². The molecule has 1 aromatic rings. The van der Waals surface area contributed by atoms with Crippen molar-refractivity contribution < 1.29 is 9.66 Å². The van der Waals surface area contributed by atoms with Gasteiger partial charge in [0.1, 0.15) is 0 Å². The van der Waals surface area contributed by atoms with Gasteiger partial charge in [-0.15, -0.1) is 0 Å². The number of nitrogens with zero attached hydrogens (tertiary/aromatic N) is 1. The molecule has 0 saturated heterocycles. The molecular formula is C13H20N2O3. The summed E-state index contributed by atoms with van der Waals surface area (Å²) in [6.45, 7) is 6.99. The molecule has 18 heavy (non-hydrogen) atoms. The van der Waals surface area contributed by atoms with E-state index in [9.17, 15) is 10.1 Å². The molecule has 0 aliphatic rings. The second kappa shape index (κ2) is 6.35. The van der Waals surface area contributed by atoms with Gasteiger partial charge in [0.05, 0.1) is 11.5 Å². The minimum atomic E-state index is -0.391. The third-order valence-electron chi connectivity index (χ3n) is 2.66. The zero-order valence-corrected chi connectivity index (χ0v) is 11.3. The smallest absolute Gasteiger partial charge is 0.311 e. The zero-order valence-electron chi connectivity index (χ0n) is 11.3. The number of hydrogen-bond acceptors (Lipinski definition) is 4. The first kappa shape index (κ1) is 14.4. The first-order chi connectivity index (χ1) is 8.45. The number of benzene rings is 1. The third kappa shape index (κ3) is 3.70. The van der Waals surface area contributed by atoms with Gasteiger partial charge in [-0.3, -0.25) is 10.1 Å². The van der Waals surface area contributed by atoms with E-state index < -0.39 is 4.92 Å². The van der Waals surface area contributed by atoms with Gasteiger partial charge in [0.25, 0.3) is 0 Å². The van der Waals surface area contributed by atoms with Crippen LogP contribution in [-0.4, -0.2) is 25.1 Å². The Hall–Kier alpha value is -1.62. The second-order valence-electron chi connectivity index (χ2n) is 4.66. The normalized spacial score (nSPS) is 12.2. The number of nitro benzene ring substituents is 1. The number of nitrogens with one attached hydrogen (secondary N) is 1. The zero-order chi connectivity index (χ0) is 13.7. The lowest BCUT2D eigenvalue weighted by molar-refractivity contribution is -0.386.